The Balaban J connectivity index is 1.51. The average Bonchev–Trinajstić information content (AvgIpc) is 3.25. The van der Waals surface area contributed by atoms with Gasteiger partial charge in [-0.1, -0.05) is 13.8 Å². The number of hydrogen-bond acceptors (Lipinski definition) is 6. The van der Waals surface area contributed by atoms with Crippen LogP contribution in [-0.2, 0) is 40.1 Å². The fraction of sp³-hybridized carbons (Fsp3) is 0.462. The molecular formula is C26H29F3N6O3. The largest absolute Gasteiger partial charge is 0.416 e. The Morgan fingerprint density at radius 3 is 2.76 bits per heavy atom. The zero-order valence-corrected chi connectivity index (χ0v) is 21.1. The number of fused-ring (bicyclic) bond motifs is 3. The molecule has 0 spiro atoms. The van der Waals surface area contributed by atoms with Crippen molar-refractivity contribution in [1.82, 2.24) is 19.4 Å². The summed E-state index contributed by atoms with van der Waals surface area (Å²) >= 11 is 0. The van der Waals surface area contributed by atoms with Gasteiger partial charge in [0.25, 0.3) is 0 Å². The number of carbonyl (C=O) groups is 2. The standard InChI is InChI=1S/C26H29F3N6O3/c1-3-15-8-16(11-31-23(15)30)32-24(36)25(37)35-12-14(2)4-5-20(35)17-9-19-21(10-18(17)26(27,28)29)34-6-7-38-13-22(34)33-19/h8-11,14,20H,3-7,12-13H2,1-2H3,(H2,30,31)(H,32,36)/t14-,20+/m0/s1. The Morgan fingerprint density at radius 1 is 1.24 bits per heavy atom. The highest BCUT2D eigenvalue weighted by molar-refractivity contribution is 6.39. The van der Waals surface area contributed by atoms with E-state index in [9.17, 15) is 22.8 Å². The number of alkyl halides is 3. The highest BCUT2D eigenvalue weighted by atomic mass is 19.4. The molecule has 1 fully saturated rings. The van der Waals surface area contributed by atoms with Crippen LogP contribution >= 0.6 is 0 Å². The minimum Gasteiger partial charge on any atom is -0.383 e. The smallest absolute Gasteiger partial charge is 0.383 e. The van der Waals surface area contributed by atoms with E-state index in [1.54, 1.807) is 10.6 Å². The first-order valence-corrected chi connectivity index (χ1v) is 12.6. The minimum absolute atomic E-state index is 0.0167. The molecule has 0 aliphatic carbocycles. The van der Waals surface area contributed by atoms with Gasteiger partial charge in [-0.25, -0.2) is 9.97 Å². The fourth-order valence-corrected chi connectivity index (χ4v) is 5.33. The molecule has 2 aliphatic rings. The van der Waals surface area contributed by atoms with Crippen LogP contribution in [0.25, 0.3) is 11.0 Å². The quantitative estimate of drug-likeness (QED) is 0.494. The molecule has 3 N–H and O–H groups in total. The number of piperidine rings is 1. The van der Waals surface area contributed by atoms with Crippen LogP contribution < -0.4 is 11.1 Å². The number of amides is 2. The summed E-state index contributed by atoms with van der Waals surface area (Å²) in [6, 6.07) is 3.22. The van der Waals surface area contributed by atoms with Crippen LogP contribution in [0.1, 0.15) is 55.2 Å². The monoisotopic (exact) mass is 530 g/mol. The topological polar surface area (TPSA) is 115 Å². The molecule has 9 nitrogen and oxygen atoms in total. The van der Waals surface area contributed by atoms with E-state index in [1.807, 2.05) is 13.8 Å². The Labute approximate surface area is 217 Å². The van der Waals surface area contributed by atoms with Gasteiger partial charge in [-0.15, -0.1) is 0 Å². The van der Waals surface area contributed by atoms with Crippen molar-refractivity contribution in [3.8, 4) is 0 Å². The summed E-state index contributed by atoms with van der Waals surface area (Å²) in [4.78, 5) is 36.2. The molecule has 2 amide bonds. The molecule has 4 heterocycles. The summed E-state index contributed by atoms with van der Waals surface area (Å²) in [5, 5.41) is 2.54. The molecular weight excluding hydrogens is 501 g/mol. The van der Waals surface area contributed by atoms with Crippen LogP contribution in [0.2, 0.25) is 0 Å². The predicted octanol–water partition coefficient (Wildman–Crippen LogP) is 4.06. The molecule has 1 aromatic carbocycles. The van der Waals surface area contributed by atoms with Gasteiger partial charge >= 0.3 is 18.0 Å². The lowest BCUT2D eigenvalue weighted by Crippen LogP contribution is -2.47. The van der Waals surface area contributed by atoms with E-state index in [2.05, 4.69) is 15.3 Å². The molecule has 0 unspecified atom stereocenters. The van der Waals surface area contributed by atoms with E-state index in [-0.39, 0.29) is 31.1 Å². The summed E-state index contributed by atoms with van der Waals surface area (Å²) in [6.07, 6.45) is -1.84. The van der Waals surface area contributed by atoms with Crippen LogP contribution in [0.4, 0.5) is 24.7 Å². The Kier molecular flexibility index (Phi) is 6.76. The molecule has 0 saturated carbocycles. The van der Waals surface area contributed by atoms with Gasteiger partial charge in [0.1, 0.15) is 18.2 Å². The van der Waals surface area contributed by atoms with Crippen molar-refractivity contribution in [2.24, 2.45) is 5.92 Å². The maximum atomic E-state index is 14.4. The van der Waals surface area contributed by atoms with Crippen molar-refractivity contribution in [2.45, 2.75) is 58.5 Å². The fourth-order valence-electron chi connectivity index (χ4n) is 5.33. The van der Waals surface area contributed by atoms with Gasteiger partial charge in [0, 0.05) is 13.1 Å². The van der Waals surface area contributed by atoms with Crippen molar-refractivity contribution < 1.29 is 27.5 Å². The van der Waals surface area contributed by atoms with E-state index in [1.165, 1.54) is 17.2 Å². The number of anilines is 2. The molecule has 0 bridgehead atoms. The van der Waals surface area contributed by atoms with Gasteiger partial charge in [-0.05, 0) is 54.5 Å². The number of nitrogens with two attached hydrogens (primary N) is 1. The molecule has 202 valence electrons. The lowest BCUT2D eigenvalue weighted by atomic mass is 9.87. The number of imidazole rings is 1. The molecule has 5 rings (SSSR count). The van der Waals surface area contributed by atoms with Crippen LogP contribution in [0, 0.1) is 5.92 Å². The maximum absolute atomic E-state index is 14.4. The predicted molar refractivity (Wildman–Crippen MR) is 134 cm³/mol. The number of aryl methyl sites for hydroxylation is 1. The normalized spacial score (nSPS) is 19.9. The van der Waals surface area contributed by atoms with E-state index in [0.717, 1.165) is 6.07 Å². The molecule has 2 aliphatic heterocycles. The highest BCUT2D eigenvalue weighted by Gasteiger charge is 2.41. The third-order valence-corrected chi connectivity index (χ3v) is 7.27. The van der Waals surface area contributed by atoms with Gasteiger partial charge in [-0.2, -0.15) is 13.2 Å². The summed E-state index contributed by atoms with van der Waals surface area (Å²) in [5.41, 5.74) is 6.72. The number of rotatable bonds is 3. The zero-order chi connectivity index (χ0) is 27.2. The lowest BCUT2D eigenvalue weighted by Gasteiger charge is -2.39. The van der Waals surface area contributed by atoms with Gasteiger partial charge in [0.15, 0.2) is 0 Å². The zero-order valence-electron chi connectivity index (χ0n) is 21.1. The summed E-state index contributed by atoms with van der Waals surface area (Å²) in [7, 11) is 0. The molecule has 0 radical (unpaired) electrons. The first-order valence-electron chi connectivity index (χ1n) is 12.6. The van der Waals surface area contributed by atoms with Crippen LogP contribution in [0.15, 0.2) is 24.4 Å². The summed E-state index contributed by atoms with van der Waals surface area (Å²) in [6.45, 7) is 4.96. The molecule has 3 aromatic rings. The van der Waals surface area contributed by atoms with Crippen LogP contribution in [-0.4, -0.2) is 44.4 Å². The molecule has 2 aromatic heterocycles. The van der Waals surface area contributed by atoms with Crippen LogP contribution in [0.5, 0.6) is 0 Å². The number of halogens is 3. The second-order valence-electron chi connectivity index (χ2n) is 9.89. The number of ether oxygens (including phenoxy) is 1. The Hall–Kier alpha value is -3.67. The first kappa shape index (κ1) is 26.0. The molecule has 38 heavy (non-hydrogen) atoms. The van der Waals surface area contributed by atoms with Crippen LogP contribution in [0.3, 0.4) is 0 Å². The van der Waals surface area contributed by atoms with Crippen molar-refractivity contribution in [1.29, 1.82) is 0 Å². The van der Waals surface area contributed by atoms with Crippen molar-refractivity contribution >= 4 is 34.4 Å². The highest BCUT2D eigenvalue weighted by Crippen LogP contribution is 2.43. The van der Waals surface area contributed by atoms with E-state index >= 15 is 0 Å². The number of nitrogens with zero attached hydrogens (tertiary/aromatic N) is 4. The van der Waals surface area contributed by atoms with E-state index in [0.29, 0.717) is 59.9 Å². The number of hydrogen-bond donors (Lipinski definition) is 2. The Morgan fingerprint density at radius 2 is 2.03 bits per heavy atom. The SMILES string of the molecule is CCc1cc(NC(=O)C(=O)N2C[C@@H](C)CC[C@@H]2c2cc3nc4n(c3cc2C(F)(F)F)CCOC4)cnc1N. The molecule has 1 saturated heterocycles. The van der Waals surface area contributed by atoms with Crippen molar-refractivity contribution in [3.63, 3.8) is 0 Å². The lowest BCUT2D eigenvalue weighted by molar-refractivity contribution is -0.148. The molecule has 12 heteroatoms. The second kappa shape index (κ2) is 9.90. The first-order chi connectivity index (χ1) is 18.1. The minimum atomic E-state index is -4.66. The van der Waals surface area contributed by atoms with Gasteiger partial charge in [-0.3, -0.25) is 9.59 Å². The van der Waals surface area contributed by atoms with E-state index < -0.39 is 29.6 Å². The van der Waals surface area contributed by atoms with Gasteiger partial charge in [0.05, 0.1) is 41.1 Å². The number of likely N-dealkylation sites (tertiary alicyclic amines) is 1. The van der Waals surface area contributed by atoms with Crippen molar-refractivity contribution in [3.05, 3.63) is 46.9 Å². The third kappa shape index (κ3) is 4.80. The second-order valence-corrected chi connectivity index (χ2v) is 9.89. The summed E-state index contributed by atoms with van der Waals surface area (Å²) in [5.74, 6) is -0.943. The summed E-state index contributed by atoms with van der Waals surface area (Å²) < 4.78 is 50.3. The van der Waals surface area contributed by atoms with Crippen molar-refractivity contribution in [2.75, 3.05) is 24.2 Å². The third-order valence-electron chi connectivity index (χ3n) is 7.27. The molecule has 2 atom stereocenters. The number of benzene rings is 1. The number of nitrogen functional groups attached to an aromatic ring is 1. The average molecular weight is 531 g/mol. The Bertz CT molecular complexity index is 1400. The number of nitrogens with one attached hydrogen (secondary N) is 1. The number of carbonyl (C=O) groups excluding carboxylic acids is 2. The number of aromatic nitrogens is 3. The van der Waals surface area contributed by atoms with E-state index in [4.69, 9.17) is 10.5 Å². The van der Waals surface area contributed by atoms with Gasteiger partial charge < -0.3 is 25.3 Å². The maximum Gasteiger partial charge on any atom is 0.416 e. The van der Waals surface area contributed by atoms with Gasteiger partial charge in [0.2, 0.25) is 0 Å². The number of pyridine rings is 1.